The van der Waals surface area contributed by atoms with Crippen molar-refractivity contribution in [2.45, 2.75) is 8.35 Å². The van der Waals surface area contributed by atoms with Crippen molar-refractivity contribution in [2.75, 3.05) is 0 Å². The van der Waals surface area contributed by atoms with Gasteiger partial charge in [0.05, 0.1) is 11.9 Å². The van der Waals surface area contributed by atoms with E-state index in [-0.39, 0.29) is 1.43 Å². The molecule has 4 heteroatoms. The number of hydrogen-bond donors (Lipinski definition) is 0. The molecule has 2 nitrogen and oxygen atoms in total. The molecule has 0 fully saturated rings. The largest absolute Gasteiger partial charge is 0.261 e. The zero-order chi connectivity index (χ0) is 7.61. The van der Waals surface area contributed by atoms with Gasteiger partial charge in [0.1, 0.15) is 1.43 Å². The molecule has 0 bridgehead atoms. The standard InChI is InChI=1S/C6H6I2N2/c1-6(7,8)5-4-9-2-3-10-5/h2-4H,1H3. The fourth-order valence-electron chi connectivity index (χ4n) is 0.526. The quantitative estimate of drug-likeness (QED) is 0.569. The van der Waals surface area contributed by atoms with Crippen LogP contribution in [0.5, 0.6) is 0 Å². The highest BCUT2D eigenvalue weighted by Crippen LogP contribution is 2.36. The zero-order valence-corrected chi connectivity index (χ0v) is 9.70. The third-order valence-electron chi connectivity index (χ3n) is 1.01. The molecule has 0 amide bonds. The molecule has 0 spiro atoms. The molecule has 1 heterocycles. The van der Waals surface area contributed by atoms with Crippen molar-refractivity contribution < 1.29 is 0 Å². The molecular formula is C6H6I2N2. The molecule has 1 rings (SSSR count). The highest BCUT2D eigenvalue weighted by atomic mass is 127. The normalized spacial score (nSPS) is 11.5. The Morgan fingerprint density at radius 2 is 2.10 bits per heavy atom. The summed E-state index contributed by atoms with van der Waals surface area (Å²) in [4.78, 5) is 8.15. The van der Waals surface area contributed by atoms with Crippen LogP contribution in [0.1, 0.15) is 12.6 Å². The van der Waals surface area contributed by atoms with E-state index in [1.807, 2.05) is 0 Å². The molecule has 1 aromatic rings. The van der Waals surface area contributed by atoms with Gasteiger partial charge in [-0.25, -0.2) is 0 Å². The van der Waals surface area contributed by atoms with Crippen LogP contribution in [0.3, 0.4) is 0 Å². The summed E-state index contributed by atoms with van der Waals surface area (Å²) in [5.74, 6) is 0. The monoisotopic (exact) mass is 360 g/mol. The molecule has 1 aromatic heterocycles. The van der Waals surface area contributed by atoms with Crippen molar-refractivity contribution in [2.24, 2.45) is 0 Å². The second-order valence-electron chi connectivity index (χ2n) is 1.98. The van der Waals surface area contributed by atoms with E-state index in [2.05, 4.69) is 62.1 Å². The van der Waals surface area contributed by atoms with Crippen LogP contribution in [0.25, 0.3) is 0 Å². The number of alkyl halides is 2. The van der Waals surface area contributed by atoms with E-state index >= 15 is 0 Å². The zero-order valence-electron chi connectivity index (χ0n) is 5.38. The average molecular weight is 360 g/mol. The van der Waals surface area contributed by atoms with E-state index in [0.29, 0.717) is 0 Å². The first kappa shape index (κ1) is 8.63. The summed E-state index contributed by atoms with van der Waals surface area (Å²) < 4.78 is 0.0593. The summed E-state index contributed by atoms with van der Waals surface area (Å²) in [6.07, 6.45) is 5.19. The first-order chi connectivity index (χ1) is 4.61. The Bertz CT molecular complexity index is 205. The second kappa shape index (κ2) is 3.29. The molecule has 0 aliphatic rings. The summed E-state index contributed by atoms with van der Waals surface area (Å²) in [5.41, 5.74) is 1.01. The van der Waals surface area contributed by atoms with Crippen LogP contribution < -0.4 is 0 Å². The molecule has 0 radical (unpaired) electrons. The predicted octanol–water partition coefficient (Wildman–Crippen LogP) is 2.52. The Morgan fingerprint density at radius 1 is 1.40 bits per heavy atom. The van der Waals surface area contributed by atoms with Crippen molar-refractivity contribution >= 4 is 45.2 Å². The van der Waals surface area contributed by atoms with Gasteiger partial charge in [0.25, 0.3) is 0 Å². The predicted molar refractivity (Wildman–Crippen MR) is 57.4 cm³/mol. The summed E-state index contributed by atoms with van der Waals surface area (Å²) in [6.45, 7) is 2.10. The third kappa shape index (κ3) is 2.30. The van der Waals surface area contributed by atoms with Crippen LogP contribution in [-0.4, -0.2) is 9.97 Å². The van der Waals surface area contributed by atoms with Crippen LogP contribution in [0, 0.1) is 0 Å². The van der Waals surface area contributed by atoms with E-state index in [0.717, 1.165) is 5.69 Å². The van der Waals surface area contributed by atoms with Crippen molar-refractivity contribution in [3.05, 3.63) is 24.3 Å². The maximum absolute atomic E-state index is 4.17. The molecule has 0 N–H and O–H groups in total. The maximum atomic E-state index is 4.17. The minimum absolute atomic E-state index is 0.0593. The first-order valence-corrected chi connectivity index (χ1v) is 4.91. The summed E-state index contributed by atoms with van der Waals surface area (Å²) in [7, 11) is 0. The Hall–Kier alpha value is 0.540. The summed E-state index contributed by atoms with van der Waals surface area (Å²) in [5, 5.41) is 0. The molecular weight excluding hydrogens is 354 g/mol. The van der Waals surface area contributed by atoms with E-state index in [1.165, 1.54) is 0 Å². The Kier molecular flexibility index (Phi) is 2.84. The van der Waals surface area contributed by atoms with Crippen molar-refractivity contribution in [3.8, 4) is 0 Å². The van der Waals surface area contributed by atoms with Gasteiger partial charge in [0.15, 0.2) is 0 Å². The van der Waals surface area contributed by atoms with Crippen LogP contribution in [-0.2, 0) is 1.43 Å². The van der Waals surface area contributed by atoms with Gasteiger partial charge in [0, 0.05) is 12.4 Å². The molecule has 0 aliphatic heterocycles. The van der Waals surface area contributed by atoms with E-state index < -0.39 is 0 Å². The van der Waals surface area contributed by atoms with Crippen molar-refractivity contribution in [3.63, 3.8) is 0 Å². The smallest absolute Gasteiger partial charge is 0.114 e. The van der Waals surface area contributed by atoms with Gasteiger partial charge in [0.2, 0.25) is 0 Å². The van der Waals surface area contributed by atoms with Crippen LogP contribution >= 0.6 is 45.2 Å². The van der Waals surface area contributed by atoms with E-state index in [9.17, 15) is 0 Å². The molecule has 0 atom stereocenters. The lowest BCUT2D eigenvalue weighted by Crippen LogP contribution is -2.04. The van der Waals surface area contributed by atoms with E-state index in [1.54, 1.807) is 18.6 Å². The Balaban J connectivity index is 2.97. The average Bonchev–Trinajstić information content (AvgIpc) is 1.88. The molecule has 0 saturated heterocycles. The van der Waals surface area contributed by atoms with Gasteiger partial charge >= 0.3 is 0 Å². The van der Waals surface area contributed by atoms with Crippen molar-refractivity contribution in [1.29, 1.82) is 0 Å². The van der Waals surface area contributed by atoms with E-state index in [4.69, 9.17) is 0 Å². The van der Waals surface area contributed by atoms with Gasteiger partial charge in [-0.2, -0.15) is 0 Å². The number of rotatable bonds is 1. The molecule has 0 unspecified atom stereocenters. The van der Waals surface area contributed by atoms with Gasteiger partial charge < -0.3 is 0 Å². The molecule has 0 aliphatic carbocycles. The first-order valence-electron chi connectivity index (χ1n) is 2.75. The third-order valence-corrected chi connectivity index (χ3v) is 2.12. The minimum Gasteiger partial charge on any atom is -0.261 e. The van der Waals surface area contributed by atoms with Crippen LogP contribution in [0.2, 0.25) is 0 Å². The van der Waals surface area contributed by atoms with Gasteiger partial charge in [-0.15, -0.1) is 0 Å². The second-order valence-corrected chi connectivity index (χ2v) is 8.36. The van der Waals surface area contributed by atoms with Gasteiger partial charge in [-0.3, -0.25) is 9.97 Å². The number of nitrogens with zero attached hydrogens (tertiary/aromatic N) is 2. The molecule has 54 valence electrons. The lowest BCUT2D eigenvalue weighted by molar-refractivity contribution is 0.981. The fourth-order valence-corrected chi connectivity index (χ4v) is 1.08. The molecule has 10 heavy (non-hydrogen) atoms. The maximum Gasteiger partial charge on any atom is 0.114 e. The highest BCUT2D eigenvalue weighted by Gasteiger charge is 2.18. The van der Waals surface area contributed by atoms with Gasteiger partial charge in [-0.1, -0.05) is 45.2 Å². The number of hydrogen-bond acceptors (Lipinski definition) is 2. The lowest BCUT2D eigenvalue weighted by atomic mass is 10.4. The fraction of sp³-hybridized carbons (Fsp3) is 0.333. The molecule has 0 aromatic carbocycles. The number of halogens is 2. The highest BCUT2D eigenvalue weighted by molar-refractivity contribution is 14.2. The number of aromatic nitrogens is 2. The Labute approximate surface area is 87.1 Å². The molecule has 0 saturated carbocycles. The SMILES string of the molecule is CC(I)(I)c1cnccn1. The topological polar surface area (TPSA) is 25.8 Å². The van der Waals surface area contributed by atoms with Crippen LogP contribution in [0.4, 0.5) is 0 Å². The van der Waals surface area contributed by atoms with Crippen LogP contribution in [0.15, 0.2) is 18.6 Å². The van der Waals surface area contributed by atoms with Gasteiger partial charge in [-0.05, 0) is 6.92 Å². The minimum atomic E-state index is 0.0593. The summed E-state index contributed by atoms with van der Waals surface area (Å²) in [6, 6.07) is 0. The Morgan fingerprint density at radius 3 is 2.40 bits per heavy atom. The van der Waals surface area contributed by atoms with Crippen molar-refractivity contribution in [1.82, 2.24) is 9.97 Å². The lowest BCUT2D eigenvalue weighted by Gasteiger charge is -2.11. The summed E-state index contributed by atoms with van der Waals surface area (Å²) >= 11 is 4.65.